The number of carbonyl (C=O) groups excluding carboxylic acids is 1. The second-order valence-electron chi connectivity index (χ2n) is 4.53. The van der Waals surface area contributed by atoms with Gasteiger partial charge in [0.05, 0.1) is 22.9 Å². The van der Waals surface area contributed by atoms with Crippen LogP contribution in [0.5, 0.6) is 0 Å². The number of hydrogen-bond acceptors (Lipinski definition) is 5. The number of sulfone groups is 1. The predicted molar refractivity (Wildman–Crippen MR) is 84.3 cm³/mol. The average Bonchev–Trinajstić information content (AvgIpc) is 2.40. The van der Waals surface area contributed by atoms with Crippen molar-refractivity contribution in [3.8, 4) is 0 Å². The fraction of sp³-hybridized carbons (Fsp3) is 0.462. The van der Waals surface area contributed by atoms with E-state index >= 15 is 0 Å². The zero-order valence-electron chi connectivity index (χ0n) is 11.8. The molecule has 118 valence electrons. The number of benzene rings is 1. The molecule has 0 atom stereocenters. The quantitative estimate of drug-likeness (QED) is 0.557. The summed E-state index contributed by atoms with van der Waals surface area (Å²) < 4.78 is 28.2. The van der Waals surface area contributed by atoms with Gasteiger partial charge in [0.25, 0.3) is 0 Å². The molecule has 0 aliphatic carbocycles. The molecule has 1 aromatic carbocycles. The van der Waals surface area contributed by atoms with Gasteiger partial charge in [0, 0.05) is 25.2 Å². The molecule has 0 radical (unpaired) electrons. The van der Waals surface area contributed by atoms with Gasteiger partial charge < -0.3 is 15.8 Å². The van der Waals surface area contributed by atoms with Crippen molar-refractivity contribution in [2.75, 3.05) is 36.3 Å². The molecule has 1 aromatic rings. The highest BCUT2D eigenvalue weighted by molar-refractivity contribution is 7.91. The number of anilines is 2. The van der Waals surface area contributed by atoms with Crippen molar-refractivity contribution < 1.29 is 17.9 Å². The van der Waals surface area contributed by atoms with E-state index < -0.39 is 15.7 Å². The molecule has 3 N–H and O–H groups in total. The number of methoxy groups -OCH3 is 1. The minimum absolute atomic E-state index is 0.0111. The van der Waals surface area contributed by atoms with Crippen LogP contribution in [0.1, 0.15) is 12.8 Å². The molecule has 8 heteroatoms. The maximum absolute atomic E-state index is 11.7. The fourth-order valence-electron chi connectivity index (χ4n) is 1.63. The molecule has 0 saturated carbocycles. The summed E-state index contributed by atoms with van der Waals surface area (Å²) in [6, 6.07) is 4.68. The lowest BCUT2D eigenvalue weighted by atomic mass is 10.2. The van der Waals surface area contributed by atoms with Gasteiger partial charge in [0.2, 0.25) is 5.91 Å². The van der Waals surface area contributed by atoms with Gasteiger partial charge in [-0.25, -0.2) is 8.42 Å². The van der Waals surface area contributed by atoms with Crippen molar-refractivity contribution in [1.82, 2.24) is 0 Å². The van der Waals surface area contributed by atoms with Crippen LogP contribution in [0.3, 0.4) is 0 Å². The zero-order chi connectivity index (χ0) is 15.9. The van der Waals surface area contributed by atoms with Crippen molar-refractivity contribution in [1.29, 1.82) is 0 Å². The first-order valence-corrected chi connectivity index (χ1v) is 8.58. The van der Waals surface area contributed by atoms with Crippen molar-refractivity contribution in [3.63, 3.8) is 0 Å². The van der Waals surface area contributed by atoms with E-state index in [1.807, 2.05) is 0 Å². The number of hydrogen-bond donors (Lipinski definition) is 2. The van der Waals surface area contributed by atoms with E-state index in [0.29, 0.717) is 29.4 Å². The Morgan fingerprint density at radius 3 is 2.71 bits per heavy atom. The van der Waals surface area contributed by atoms with Crippen LogP contribution < -0.4 is 11.1 Å². The van der Waals surface area contributed by atoms with Crippen LogP contribution in [0.25, 0.3) is 0 Å². The molecule has 0 aromatic heterocycles. The monoisotopic (exact) mass is 334 g/mol. The Morgan fingerprint density at radius 2 is 2.10 bits per heavy atom. The van der Waals surface area contributed by atoms with Gasteiger partial charge in [-0.15, -0.1) is 0 Å². The van der Waals surface area contributed by atoms with Crippen molar-refractivity contribution >= 4 is 38.7 Å². The molecule has 0 unspecified atom stereocenters. The van der Waals surface area contributed by atoms with Gasteiger partial charge in [-0.3, -0.25) is 4.79 Å². The van der Waals surface area contributed by atoms with Crippen molar-refractivity contribution in [2.45, 2.75) is 12.8 Å². The standard InChI is InChI=1S/C13H19ClN2O4S/c1-20-6-2-7-21(18,19)8-5-13(17)16-12-4-3-10(14)9-11(12)15/h3-4,9H,2,5-8,15H2,1H3,(H,16,17). The lowest BCUT2D eigenvalue weighted by molar-refractivity contribution is -0.115. The Kier molecular flexibility index (Phi) is 6.94. The van der Waals surface area contributed by atoms with E-state index in [1.165, 1.54) is 13.2 Å². The van der Waals surface area contributed by atoms with Gasteiger partial charge in [-0.1, -0.05) is 11.6 Å². The molecule has 0 heterocycles. The molecule has 0 saturated heterocycles. The third-order valence-electron chi connectivity index (χ3n) is 2.73. The number of rotatable bonds is 8. The zero-order valence-corrected chi connectivity index (χ0v) is 13.3. The highest BCUT2D eigenvalue weighted by atomic mass is 35.5. The highest BCUT2D eigenvalue weighted by Gasteiger charge is 2.14. The molecule has 0 fully saturated rings. The first-order valence-electron chi connectivity index (χ1n) is 6.38. The van der Waals surface area contributed by atoms with Gasteiger partial charge in [0.1, 0.15) is 0 Å². The summed E-state index contributed by atoms with van der Waals surface area (Å²) in [6.07, 6.45) is 0.308. The second-order valence-corrected chi connectivity index (χ2v) is 7.27. The van der Waals surface area contributed by atoms with Gasteiger partial charge >= 0.3 is 0 Å². The average molecular weight is 335 g/mol. The molecule has 1 rings (SSSR count). The largest absolute Gasteiger partial charge is 0.397 e. The topological polar surface area (TPSA) is 98.5 Å². The number of ether oxygens (including phenoxy) is 1. The summed E-state index contributed by atoms with van der Waals surface area (Å²) in [5, 5.41) is 3.03. The summed E-state index contributed by atoms with van der Waals surface area (Å²) in [4.78, 5) is 11.7. The first-order chi connectivity index (χ1) is 9.84. The third-order valence-corrected chi connectivity index (χ3v) is 4.70. The van der Waals surface area contributed by atoms with Crippen molar-refractivity contribution in [3.05, 3.63) is 23.2 Å². The van der Waals surface area contributed by atoms with Crippen LogP contribution in [-0.2, 0) is 19.4 Å². The van der Waals surface area contributed by atoms with Crippen LogP contribution >= 0.6 is 11.6 Å². The second kappa shape index (κ2) is 8.21. The first kappa shape index (κ1) is 17.7. The maximum Gasteiger partial charge on any atom is 0.225 e. The highest BCUT2D eigenvalue weighted by Crippen LogP contribution is 2.22. The fourth-order valence-corrected chi connectivity index (χ4v) is 3.07. The number of carbonyl (C=O) groups is 1. The van der Waals surface area contributed by atoms with Crippen LogP contribution in [0, 0.1) is 0 Å². The Bertz CT molecular complexity index is 590. The number of amides is 1. The van der Waals surface area contributed by atoms with Gasteiger partial charge in [0.15, 0.2) is 9.84 Å². The van der Waals surface area contributed by atoms with Gasteiger partial charge in [-0.2, -0.15) is 0 Å². The van der Waals surface area contributed by atoms with E-state index in [9.17, 15) is 13.2 Å². The molecule has 0 spiro atoms. The summed E-state index contributed by atoms with van der Waals surface area (Å²) in [6.45, 7) is 0.382. The summed E-state index contributed by atoms with van der Waals surface area (Å²) in [7, 11) is -1.74. The molecule has 0 aliphatic heterocycles. The Balaban J connectivity index is 2.47. The van der Waals surface area contributed by atoms with Crippen LogP contribution in [0.2, 0.25) is 5.02 Å². The van der Waals surface area contributed by atoms with E-state index in [-0.39, 0.29) is 17.9 Å². The van der Waals surface area contributed by atoms with E-state index in [0.717, 1.165) is 0 Å². The Labute approximate surface area is 129 Å². The number of nitrogens with one attached hydrogen (secondary N) is 1. The predicted octanol–water partition coefficient (Wildman–Crippen LogP) is 1.70. The number of nitrogen functional groups attached to an aromatic ring is 1. The van der Waals surface area contributed by atoms with Crippen LogP contribution in [-0.4, -0.2) is 39.5 Å². The smallest absolute Gasteiger partial charge is 0.225 e. The minimum Gasteiger partial charge on any atom is -0.397 e. The summed E-state index contributed by atoms with van der Waals surface area (Å²) in [5.41, 5.74) is 6.45. The van der Waals surface area contributed by atoms with Gasteiger partial charge in [-0.05, 0) is 24.6 Å². The lowest BCUT2D eigenvalue weighted by Gasteiger charge is -2.09. The van der Waals surface area contributed by atoms with E-state index in [2.05, 4.69) is 5.32 Å². The molecule has 1 amide bonds. The Hall–Kier alpha value is -1.31. The lowest BCUT2D eigenvalue weighted by Crippen LogP contribution is -2.20. The molecular formula is C13H19ClN2O4S. The molecular weight excluding hydrogens is 316 g/mol. The summed E-state index contributed by atoms with van der Waals surface area (Å²) >= 11 is 5.75. The van der Waals surface area contributed by atoms with Crippen LogP contribution in [0.15, 0.2) is 18.2 Å². The van der Waals surface area contributed by atoms with Crippen molar-refractivity contribution in [2.24, 2.45) is 0 Å². The number of halogens is 1. The molecule has 0 bridgehead atoms. The molecule has 0 aliphatic rings. The molecule has 6 nitrogen and oxygen atoms in total. The van der Waals surface area contributed by atoms with E-state index in [1.54, 1.807) is 12.1 Å². The third kappa shape index (κ3) is 6.79. The molecule has 21 heavy (non-hydrogen) atoms. The van der Waals surface area contributed by atoms with Crippen LogP contribution in [0.4, 0.5) is 11.4 Å². The SMILES string of the molecule is COCCCS(=O)(=O)CCC(=O)Nc1ccc(Cl)cc1N. The normalized spacial score (nSPS) is 11.3. The minimum atomic E-state index is -3.25. The number of nitrogens with two attached hydrogens (primary N) is 1. The maximum atomic E-state index is 11.7. The van der Waals surface area contributed by atoms with E-state index in [4.69, 9.17) is 22.1 Å². The Morgan fingerprint density at radius 1 is 1.38 bits per heavy atom. The summed E-state index contributed by atoms with van der Waals surface area (Å²) in [5.74, 6) is -0.591.